The van der Waals surface area contributed by atoms with Crippen molar-refractivity contribution in [3.05, 3.63) is 75.7 Å². The SMILES string of the molecule is CNC(=O)C1=C[C@@](C)(c2cc(CC(=O)c3ccc(C#N)cn3)ccc2F)N=C(N)S1. The van der Waals surface area contributed by atoms with Crippen molar-refractivity contribution in [3.63, 3.8) is 0 Å². The lowest BCUT2D eigenvalue weighted by Crippen LogP contribution is -2.30. The highest BCUT2D eigenvalue weighted by atomic mass is 32.2. The largest absolute Gasteiger partial charge is 0.378 e. The number of amides is 1. The second kappa shape index (κ2) is 8.47. The van der Waals surface area contributed by atoms with Gasteiger partial charge in [0, 0.05) is 25.2 Å². The van der Waals surface area contributed by atoms with Gasteiger partial charge in [0.1, 0.15) is 23.1 Å². The number of hydrogen-bond donors (Lipinski definition) is 2. The molecule has 0 radical (unpaired) electrons. The molecule has 1 aliphatic heterocycles. The van der Waals surface area contributed by atoms with Gasteiger partial charge in [-0.3, -0.25) is 14.6 Å². The van der Waals surface area contributed by atoms with Crippen molar-refractivity contribution in [3.8, 4) is 6.07 Å². The summed E-state index contributed by atoms with van der Waals surface area (Å²) in [5.41, 5.74) is 6.01. The molecular formula is C21H18FN5O2S. The Hall–Kier alpha value is -3.51. The van der Waals surface area contributed by atoms with Gasteiger partial charge >= 0.3 is 0 Å². The molecule has 3 N–H and O–H groups in total. The van der Waals surface area contributed by atoms with Gasteiger partial charge in [-0.25, -0.2) is 9.38 Å². The van der Waals surface area contributed by atoms with E-state index >= 15 is 0 Å². The molecule has 1 atom stereocenters. The van der Waals surface area contributed by atoms with Crippen molar-refractivity contribution in [2.24, 2.45) is 10.7 Å². The van der Waals surface area contributed by atoms with Crippen LogP contribution in [-0.2, 0) is 16.8 Å². The Bertz CT molecular complexity index is 1120. The number of pyridine rings is 1. The van der Waals surface area contributed by atoms with E-state index in [4.69, 9.17) is 11.0 Å². The van der Waals surface area contributed by atoms with Crippen molar-refractivity contribution >= 4 is 28.6 Å². The maximum absolute atomic E-state index is 14.7. The van der Waals surface area contributed by atoms with Crippen LogP contribution in [0.2, 0.25) is 0 Å². The summed E-state index contributed by atoms with van der Waals surface area (Å²) in [4.78, 5) is 33.3. The number of hydrogen-bond acceptors (Lipinski definition) is 7. The molecule has 1 aliphatic rings. The number of nitriles is 1. The summed E-state index contributed by atoms with van der Waals surface area (Å²) < 4.78 is 14.7. The van der Waals surface area contributed by atoms with Crippen molar-refractivity contribution in [1.29, 1.82) is 5.26 Å². The smallest absolute Gasteiger partial charge is 0.257 e. The number of benzene rings is 1. The number of nitrogens with one attached hydrogen (secondary N) is 1. The van der Waals surface area contributed by atoms with Crippen LogP contribution in [0.4, 0.5) is 4.39 Å². The van der Waals surface area contributed by atoms with Crippen molar-refractivity contribution in [2.75, 3.05) is 7.05 Å². The molecule has 0 spiro atoms. The lowest BCUT2D eigenvalue weighted by Gasteiger charge is -2.28. The van der Waals surface area contributed by atoms with Crippen LogP contribution in [0.5, 0.6) is 0 Å². The number of Topliss-reactive ketones (excluding diaryl/α,β-unsaturated/α-hetero) is 1. The van der Waals surface area contributed by atoms with Crippen molar-refractivity contribution in [2.45, 2.75) is 18.9 Å². The van der Waals surface area contributed by atoms with Crippen LogP contribution in [0.15, 0.2) is 52.5 Å². The van der Waals surface area contributed by atoms with Gasteiger partial charge in [0.25, 0.3) is 5.91 Å². The van der Waals surface area contributed by atoms with Gasteiger partial charge in [-0.05, 0) is 54.6 Å². The Morgan fingerprint density at radius 1 is 1.33 bits per heavy atom. The number of ketones is 1. The van der Waals surface area contributed by atoms with Crippen molar-refractivity contribution < 1.29 is 14.0 Å². The fourth-order valence-corrected chi connectivity index (χ4v) is 3.97. The molecule has 30 heavy (non-hydrogen) atoms. The van der Waals surface area contributed by atoms with E-state index in [-0.39, 0.29) is 34.5 Å². The summed E-state index contributed by atoms with van der Waals surface area (Å²) >= 11 is 1.01. The highest BCUT2D eigenvalue weighted by Crippen LogP contribution is 2.37. The third-order valence-corrected chi connectivity index (χ3v) is 5.36. The van der Waals surface area contributed by atoms with Crippen LogP contribution in [0.1, 0.15) is 34.1 Å². The molecule has 0 saturated heterocycles. The molecule has 0 aliphatic carbocycles. The van der Waals surface area contributed by atoms with E-state index in [0.29, 0.717) is 16.0 Å². The Balaban J connectivity index is 1.93. The number of thioether (sulfide) groups is 1. The molecule has 7 nitrogen and oxygen atoms in total. The predicted octanol–water partition coefficient (Wildman–Crippen LogP) is 2.42. The van der Waals surface area contributed by atoms with E-state index in [1.165, 1.54) is 37.5 Å². The number of nitrogens with two attached hydrogens (primary N) is 1. The summed E-state index contributed by atoms with van der Waals surface area (Å²) in [6.07, 6.45) is 2.87. The molecule has 0 unspecified atom stereocenters. The predicted molar refractivity (Wildman–Crippen MR) is 112 cm³/mol. The standard InChI is InChI=1S/C21H18FN5O2S/c1-21(9-18(19(29)25-2)30-20(24)27-21)14-7-12(3-5-15(14)22)8-17(28)16-6-4-13(10-23)11-26-16/h3-7,9,11H,8H2,1-2H3,(H2,24,27)(H,25,29)/t21-/m0/s1. The van der Waals surface area contributed by atoms with E-state index < -0.39 is 11.4 Å². The van der Waals surface area contributed by atoms with E-state index in [9.17, 15) is 14.0 Å². The molecule has 9 heteroatoms. The summed E-state index contributed by atoms with van der Waals surface area (Å²) in [7, 11) is 1.49. The molecule has 2 heterocycles. The second-order valence-corrected chi connectivity index (χ2v) is 7.81. The molecule has 1 aromatic heterocycles. The average Bonchev–Trinajstić information content (AvgIpc) is 2.73. The Morgan fingerprint density at radius 3 is 2.73 bits per heavy atom. The highest BCUT2D eigenvalue weighted by Gasteiger charge is 2.33. The molecule has 1 aromatic carbocycles. The van der Waals surface area contributed by atoms with E-state index in [1.807, 2.05) is 6.07 Å². The molecule has 2 aromatic rings. The summed E-state index contributed by atoms with van der Waals surface area (Å²) in [6, 6.07) is 9.25. The van der Waals surface area contributed by atoms with Gasteiger partial charge in [-0.1, -0.05) is 6.07 Å². The minimum absolute atomic E-state index is 0.0117. The summed E-state index contributed by atoms with van der Waals surface area (Å²) in [5, 5.41) is 11.5. The quantitative estimate of drug-likeness (QED) is 0.713. The zero-order valence-electron chi connectivity index (χ0n) is 16.3. The topological polar surface area (TPSA) is 121 Å². The summed E-state index contributed by atoms with van der Waals surface area (Å²) in [6.45, 7) is 1.65. The molecule has 152 valence electrons. The Morgan fingerprint density at radius 2 is 2.10 bits per heavy atom. The Kier molecular flexibility index (Phi) is 5.99. The van der Waals surface area contributed by atoms with E-state index in [0.717, 1.165) is 11.8 Å². The van der Waals surface area contributed by atoms with Gasteiger partial charge in [0.05, 0.1) is 10.5 Å². The first kappa shape index (κ1) is 21.2. The minimum atomic E-state index is -1.20. The van der Waals surface area contributed by atoms with Gasteiger partial charge < -0.3 is 11.1 Å². The minimum Gasteiger partial charge on any atom is -0.378 e. The van der Waals surface area contributed by atoms with Crippen LogP contribution < -0.4 is 11.1 Å². The molecule has 0 fully saturated rings. The average molecular weight is 423 g/mol. The number of aliphatic imine (C=N–C) groups is 1. The zero-order chi connectivity index (χ0) is 21.9. The maximum Gasteiger partial charge on any atom is 0.257 e. The molecular weight excluding hydrogens is 405 g/mol. The summed E-state index contributed by atoms with van der Waals surface area (Å²) in [5.74, 6) is -1.14. The van der Waals surface area contributed by atoms with Crippen LogP contribution >= 0.6 is 11.8 Å². The van der Waals surface area contributed by atoms with Gasteiger partial charge in [-0.15, -0.1) is 0 Å². The van der Waals surface area contributed by atoms with Crippen LogP contribution in [0, 0.1) is 17.1 Å². The number of amidine groups is 1. The Labute approximate surface area is 176 Å². The van der Waals surface area contributed by atoms with Gasteiger partial charge in [0.15, 0.2) is 11.0 Å². The molecule has 0 saturated carbocycles. The fraction of sp³-hybridized carbons (Fsp3) is 0.190. The van der Waals surface area contributed by atoms with E-state index in [1.54, 1.807) is 19.1 Å². The number of aromatic nitrogens is 1. The van der Waals surface area contributed by atoms with Crippen molar-refractivity contribution in [1.82, 2.24) is 10.3 Å². The first-order chi connectivity index (χ1) is 14.3. The monoisotopic (exact) mass is 423 g/mol. The van der Waals surface area contributed by atoms with Crippen LogP contribution in [0.3, 0.4) is 0 Å². The number of halogens is 1. The van der Waals surface area contributed by atoms with Crippen LogP contribution in [-0.4, -0.2) is 28.9 Å². The normalized spacial score (nSPS) is 18.1. The van der Waals surface area contributed by atoms with Crippen LogP contribution in [0.25, 0.3) is 0 Å². The number of rotatable bonds is 5. The lowest BCUT2D eigenvalue weighted by atomic mass is 9.89. The second-order valence-electron chi connectivity index (χ2n) is 6.75. The number of carbonyl (C=O) groups is 2. The maximum atomic E-state index is 14.7. The zero-order valence-corrected chi connectivity index (χ0v) is 17.1. The fourth-order valence-electron chi connectivity index (χ4n) is 3.03. The molecule has 0 bridgehead atoms. The van der Waals surface area contributed by atoms with Gasteiger partial charge in [0.2, 0.25) is 0 Å². The number of likely N-dealkylation sites (N-methyl/N-ethyl adjacent to an activating group) is 1. The first-order valence-corrected chi connectivity index (χ1v) is 9.74. The first-order valence-electron chi connectivity index (χ1n) is 8.92. The number of nitrogens with zero attached hydrogens (tertiary/aromatic N) is 3. The molecule has 1 amide bonds. The van der Waals surface area contributed by atoms with Gasteiger partial charge in [-0.2, -0.15) is 5.26 Å². The number of carbonyl (C=O) groups excluding carboxylic acids is 2. The third-order valence-electron chi connectivity index (χ3n) is 4.54. The third kappa shape index (κ3) is 4.39. The lowest BCUT2D eigenvalue weighted by molar-refractivity contribution is -0.116. The van der Waals surface area contributed by atoms with E-state index in [2.05, 4.69) is 15.3 Å². The highest BCUT2D eigenvalue weighted by molar-refractivity contribution is 8.17. The molecule has 3 rings (SSSR count).